The maximum Gasteiger partial charge on any atom is 0.0972 e. The van der Waals surface area contributed by atoms with E-state index >= 15 is 0 Å². The summed E-state index contributed by atoms with van der Waals surface area (Å²) in [7, 11) is 0. The van der Waals surface area contributed by atoms with E-state index in [1.807, 2.05) is 17.8 Å². The first-order valence-corrected chi connectivity index (χ1v) is 9.81. The van der Waals surface area contributed by atoms with Gasteiger partial charge in [0, 0.05) is 4.90 Å². The van der Waals surface area contributed by atoms with Crippen LogP contribution in [0.4, 0.5) is 5.69 Å². The van der Waals surface area contributed by atoms with E-state index in [0.29, 0.717) is 0 Å². The molecule has 2 aromatic carbocycles. The van der Waals surface area contributed by atoms with Gasteiger partial charge in [0.05, 0.1) is 10.7 Å². The van der Waals surface area contributed by atoms with Crippen LogP contribution in [-0.4, -0.2) is 10.8 Å². The van der Waals surface area contributed by atoms with Gasteiger partial charge in [-0.05, 0) is 54.8 Å². The van der Waals surface area contributed by atoms with Gasteiger partial charge in [0.15, 0.2) is 0 Å². The highest BCUT2D eigenvalue weighted by Crippen LogP contribution is 2.21. The molecule has 3 heteroatoms. The van der Waals surface area contributed by atoms with Crippen LogP contribution in [0.2, 0.25) is 0 Å². The average molecular weight is 342 g/mol. The predicted molar refractivity (Wildman–Crippen MR) is 107 cm³/mol. The van der Waals surface area contributed by atoms with Crippen LogP contribution in [0.3, 0.4) is 0 Å². The van der Waals surface area contributed by atoms with Crippen molar-refractivity contribution in [1.82, 2.24) is 0 Å². The average Bonchev–Trinajstić information content (AvgIpc) is 2.58. The minimum atomic E-state index is 1.02. The topological polar surface area (TPSA) is 12.4 Å². The lowest BCUT2D eigenvalue weighted by Crippen LogP contribution is -1.89. The molecule has 0 bridgehead atoms. The molecule has 0 spiro atoms. The second-order valence-electron chi connectivity index (χ2n) is 5.22. The monoisotopic (exact) mass is 341 g/mol. The maximum atomic E-state index is 4.78. The zero-order valence-electron chi connectivity index (χ0n) is 13.7. The SMILES string of the molecule is CCCCSC(C=CSc1ccccc1)=Nc1ccc(C)cc1. The molecule has 0 radical (unpaired) electrons. The smallest absolute Gasteiger partial charge is 0.0972 e. The highest BCUT2D eigenvalue weighted by molar-refractivity contribution is 8.14. The number of rotatable bonds is 7. The maximum absolute atomic E-state index is 4.78. The lowest BCUT2D eigenvalue weighted by Gasteiger charge is -2.02. The molecule has 0 amide bonds. The lowest BCUT2D eigenvalue weighted by atomic mass is 10.2. The standard InChI is InChI=1S/C20H23NS2/c1-3-4-15-23-20(21-18-12-10-17(2)11-13-18)14-16-22-19-8-6-5-7-9-19/h5-14,16H,3-4,15H2,1-2H3. The first kappa shape index (κ1) is 17.9. The van der Waals surface area contributed by atoms with Crippen molar-refractivity contribution in [2.45, 2.75) is 31.6 Å². The Balaban J connectivity index is 2.05. The Labute approximate surface area is 148 Å². The molecule has 23 heavy (non-hydrogen) atoms. The third-order valence-electron chi connectivity index (χ3n) is 3.18. The van der Waals surface area contributed by atoms with E-state index in [-0.39, 0.29) is 0 Å². The summed E-state index contributed by atoms with van der Waals surface area (Å²) in [4.78, 5) is 6.03. The molecule has 0 N–H and O–H groups in total. The highest BCUT2D eigenvalue weighted by atomic mass is 32.2. The number of benzene rings is 2. The van der Waals surface area contributed by atoms with Gasteiger partial charge in [-0.1, -0.05) is 61.0 Å². The van der Waals surface area contributed by atoms with E-state index in [1.165, 1.54) is 23.3 Å². The summed E-state index contributed by atoms with van der Waals surface area (Å²) in [6.45, 7) is 4.32. The molecule has 0 aliphatic heterocycles. The fourth-order valence-electron chi connectivity index (χ4n) is 1.86. The van der Waals surface area contributed by atoms with Crippen LogP contribution >= 0.6 is 23.5 Å². The van der Waals surface area contributed by atoms with Crippen molar-refractivity contribution in [2.24, 2.45) is 4.99 Å². The molecule has 0 fully saturated rings. The molecular weight excluding hydrogens is 318 g/mol. The molecule has 1 nitrogen and oxygen atoms in total. The number of hydrogen-bond donors (Lipinski definition) is 0. The van der Waals surface area contributed by atoms with Gasteiger partial charge in [0.25, 0.3) is 0 Å². The Hall–Kier alpha value is -1.45. The molecule has 0 atom stereocenters. The van der Waals surface area contributed by atoms with Crippen LogP contribution < -0.4 is 0 Å². The summed E-state index contributed by atoms with van der Waals surface area (Å²) in [5.41, 5.74) is 2.28. The molecule has 120 valence electrons. The fourth-order valence-corrected chi connectivity index (χ4v) is 3.59. The normalized spacial score (nSPS) is 12.0. The molecule has 0 aliphatic rings. The van der Waals surface area contributed by atoms with E-state index < -0.39 is 0 Å². The second-order valence-corrected chi connectivity index (χ2v) is 7.32. The summed E-state index contributed by atoms with van der Waals surface area (Å²) >= 11 is 3.56. The summed E-state index contributed by atoms with van der Waals surface area (Å²) < 4.78 is 0. The van der Waals surface area contributed by atoms with Gasteiger partial charge in [0.2, 0.25) is 0 Å². The number of aryl methyl sites for hydroxylation is 1. The Bertz CT molecular complexity index is 630. The minimum absolute atomic E-state index is 1.02. The lowest BCUT2D eigenvalue weighted by molar-refractivity contribution is 0.898. The summed E-state index contributed by atoms with van der Waals surface area (Å²) in [6, 6.07) is 18.8. The van der Waals surface area contributed by atoms with E-state index in [1.54, 1.807) is 11.8 Å². The Morgan fingerprint density at radius 1 is 1.04 bits per heavy atom. The van der Waals surface area contributed by atoms with Crippen molar-refractivity contribution >= 4 is 34.3 Å². The quantitative estimate of drug-likeness (QED) is 0.236. The van der Waals surface area contributed by atoms with Crippen LogP contribution in [0.1, 0.15) is 25.3 Å². The number of thioether (sulfide) groups is 2. The Morgan fingerprint density at radius 3 is 2.48 bits per heavy atom. The van der Waals surface area contributed by atoms with E-state index in [0.717, 1.165) is 16.5 Å². The number of aliphatic imine (C=N–C) groups is 1. The number of hydrogen-bond acceptors (Lipinski definition) is 3. The summed E-state index contributed by atoms with van der Waals surface area (Å²) in [5, 5.41) is 3.20. The molecule has 0 unspecified atom stereocenters. The summed E-state index contributed by atoms with van der Waals surface area (Å²) in [6.07, 6.45) is 4.56. The van der Waals surface area contributed by atoms with Crippen molar-refractivity contribution in [1.29, 1.82) is 0 Å². The zero-order chi connectivity index (χ0) is 16.3. The zero-order valence-corrected chi connectivity index (χ0v) is 15.4. The van der Waals surface area contributed by atoms with Crippen molar-refractivity contribution in [3.8, 4) is 0 Å². The van der Waals surface area contributed by atoms with Crippen LogP contribution in [0.15, 0.2) is 76.0 Å². The van der Waals surface area contributed by atoms with Gasteiger partial charge in [-0.3, -0.25) is 0 Å². The highest BCUT2D eigenvalue weighted by Gasteiger charge is 1.98. The van der Waals surface area contributed by atoms with Gasteiger partial charge in [-0.2, -0.15) is 0 Å². The van der Waals surface area contributed by atoms with Crippen molar-refractivity contribution < 1.29 is 0 Å². The largest absolute Gasteiger partial charge is 0.242 e. The first-order valence-electron chi connectivity index (χ1n) is 7.94. The second kappa shape index (κ2) is 10.3. The molecule has 0 saturated heterocycles. The predicted octanol–water partition coefficient (Wildman–Crippen LogP) is 6.86. The van der Waals surface area contributed by atoms with Gasteiger partial charge < -0.3 is 0 Å². The van der Waals surface area contributed by atoms with Gasteiger partial charge in [0.1, 0.15) is 0 Å². The van der Waals surface area contributed by atoms with Crippen molar-refractivity contribution in [2.75, 3.05) is 5.75 Å². The van der Waals surface area contributed by atoms with Gasteiger partial charge in [-0.15, -0.1) is 11.8 Å². The molecule has 0 saturated carbocycles. The van der Waals surface area contributed by atoms with Crippen LogP contribution in [0.5, 0.6) is 0 Å². The molecule has 0 aliphatic carbocycles. The number of unbranched alkanes of at least 4 members (excludes halogenated alkanes) is 1. The minimum Gasteiger partial charge on any atom is -0.242 e. The van der Waals surface area contributed by atoms with Crippen LogP contribution in [0, 0.1) is 6.92 Å². The molecule has 0 heterocycles. The van der Waals surface area contributed by atoms with E-state index in [9.17, 15) is 0 Å². The third-order valence-corrected chi connectivity index (χ3v) is 5.01. The number of nitrogens with zero attached hydrogens (tertiary/aromatic N) is 1. The first-order chi connectivity index (χ1) is 11.3. The molecule has 2 rings (SSSR count). The van der Waals surface area contributed by atoms with Crippen molar-refractivity contribution in [3.05, 3.63) is 71.6 Å². The molecule has 2 aromatic rings. The van der Waals surface area contributed by atoms with E-state index in [4.69, 9.17) is 4.99 Å². The molecular formula is C20H23NS2. The fraction of sp³-hybridized carbons (Fsp3) is 0.250. The van der Waals surface area contributed by atoms with Crippen LogP contribution in [-0.2, 0) is 0 Å². The van der Waals surface area contributed by atoms with Gasteiger partial charge in [-0.25, -0.2) is 4.99 Å². The van der Waals surface area contributed by atoms with E-state index in [2.05, 4.69) is 73.9 Å². The van der Waals surface area contributed by atoms with Gasteiger partial charge >= 0.3 is 0 Å². The van der Waals surface area contributed by atoms with Crippen LogP contribution in [0.25, 0.3) is 0 Å². The summed E-state index contributed by atoms with van der Waals surface area (Å²) in [5.74, 6) is 1.11. The Kier molecular flexibility index (Phi) is 8.05. The Morgan fingerprint density at radius 2 is 1.78 bits per heavy atom. The van der Waals surface area contributed by atoms with Crippen molar-refractivity contribution in [3.63, 3.8) is 0 Å². The molecule has 0 aromatic heterocycles. The third kappa shape index (κ3) is 7.10.